The van der Waals surface area contributed by atoms with Gasteiger partial charge in [-0.05, 0) is 18.4 Å². The lowest BCUT2D eigenvalue weighted by Crippen LogP contribution is -2.29. The zero-order valence-electron chi connectivity index (χ0n) is 11.8. The van der Waals surface area contributed by atoms with E-state index in [1.807, 2.05) is 4.90 Å². The molecule has 0 aromatic carbocycles. The molecule has 2 heterocycles. The highest BCUT2D eigenvalue weighted by Crippen LogP contribution is 2.21. The lowest BCUT2D eigenvalue weighted by Gasteiger charge is -2.17. The number of rotatable bonds is 3. The topological polar surface area (TPSA) is 53.4 Å². The number of carbonyl (C=O) groups excluding carboxylic acids is 1. The van der Waals surface area contributed by atoms with E-state index in [9.17, 15) is 4.79 Å². The first-order valence-electron chi connectivity index (χ1n) is 7.09. The standard InChI is InChI=1S/C16H20N2O2/c1-2-13-7-9-18(12-13)16(20)15-6-8-17-11-14(15)5-3-4-10-19/h6,8,11,13,19H,2,4,7,9-10,12H2,1H3. The highest BCUT2D eigenvalue weighted by Gasteiger charge is 2.26. The summed E-state index contributed by atoms with van der Waals surface area (Å²) in [7, 11) is 0. The molecule has 2 rings (SSSR count). The van der Waals surface area contributed by atoms with Gasteiger partial charge in [0.05, 0.1) is 17.7 Å². The van der Waals surface area contributed by atoms with E-state index in [2.05, 4.69) is 23.7 Å². The van der Waals surface area contributed by atoms with E-state index in [0.717, 1.165) is 25.9 Å². The number of hydrogen-bond donors (Lipinski definition) is 1. The predicted octanol–water partition coefficient (Wildman–Crippen LogP) is 1.69. The van der Waals surface area contributed by atoms with E-state index < -0.39 is 0 Å². The van der Waals surface area contributed by atoms with Crippen LogP contribution in [0.2, 0.25) is 0 Å². The average molecular weight is 272 g/mol. The fourth-order valence-corrected chi connectivity index (χ4v) is 2.41. The molecule has 1 fully saturated rings. The van der Waals surface area contributed by atoms with Gasteiger partial charge in [-0.3, -0.25) is 9.78 Å². The first kappa shape index (κ1) is 14.5. The van der Waals surface area contributed by atoms with Crippen LogP contribution in [0.3, 0.4) is 0 Å². The number of nitrogens with zero attached hydrogens (tertiary/aromatic N) is 2. The van der Waals surface area contributed by atoms with Crippen molar-refractivity contribution in [2.75, 3.05) is 19.7 Å². The van der Waals surface area contributed by atoms with Crippen molar-refractivity contribution in [3.8, 4) is 11.8 Å². The van der Waals surface area contributed by atoms with Crippen LogP contribution in [-0.4, -0.2) is 40.6 Å². The van der Waals surface area contributed by atoms with Crippen LogP contribution in [0.5, 0.6) is 0 Å². The Morgan fingerprint density at radius 2 is 2.45 bits per heavy atom. The molecule has 1 N–H and O–H groups in total. The minimum absolute atomic E-state index is 0.0286. The molecule has 106 valence electrons. The third-order valence-electron chi connectivity index (χ3n) is 3.66. The van der Waals surface area contributed by atoms with Gasteiger partial charge in [-0.15, -0.1) is 0 Å². The van der Waals surface area contributed by atoms with Crippen LogP contribution >= 0.6 is 0 Å². The predicted molar refractivity (Wildman–Crippen MR) is 77.1 cm³/mol. The number of aliphatic hydroxyl groups excluding tert-OH is 1. The number of aliphatic hydroxyl groups is 1. The van der Waals surface area contributed by atoms with Gasteiger partial charge in [0.15, 0.2) is 0 Å². The number of aromatic nitrogens is 1. The Morgan fingerprint density at radius 3 is 3.15 bits per heavy atom. The molecule has 0 spiro atoms. The van der Waals surface area contributed by atoms with Gasteiger partial charge in [0.1, 0.15) is 0 Å². The van der Waals surface area contributed by atoms with Crippen molar-refractivity contribution in [3.05, 3.63) is 29.6 Å². The largest absolute Gasteiger partial charge is 0.395 e. The van der Waals surface area contributed by atoms with Crippen molar-refractivity contribution in [1.29, 1.82) is 0 Å². The number of carbonyl (C=O) groups is 1. The lowest BCUT2D eigenvalue weighted by atomic mass is 10.1. The Bertz CT molecular complexity index is 531. The summed E-state index contributed by atoms with van der Waals surface area (Å²) >= 11 is 0. The first-order valence-corrected chi connectivity index (χ1v) is 7.09. The molecule has 1 atom stereocenters. The molecule has 1 aliphatic rings. The molecular formula is C16H20N2O2. The van der Waals surface area contributed by atoms with Crippen LogP contribution in [0.1, 0.15) is 42.1 Å². The van der Waals surface area contributed by atoms with E-state index in [1.165, 1.54) is 0 Å². The van der Waals surface area contributed by atoms with Crippen LogP contribution in [0.15, 0.2) is 18.5 Å². The molecule has 0 bridgehead atoms. The van der Waals surface area contributed by atoms with Crippen molar-refractivity contribution >= 4 is 5.91 Å². The van der Waals surface area contributed by atoms with Crippen molar-refractivity contribution in [2.24, 2.45) is 5.92 Å². The highest BCUT2D eigenvalue weighted by molar-refractivity contribution is 5.96. The summed E-state index contributed by atoms with van der Waals surface area (Å²) in [5.41, 5.74) is 1.26. The summed E-state index contributed by atoms with van der Waals surface area (Å²) < 4.78 is 0. The third-order valence-corrected chi connectivity index (χ3v) is 3.66. The van der Waals surface area contributed by atoms with Crippen LogP contribution < -0.4 is 0 Å². The maximum Gasteiger partial charge on any atom is 0.255 e. The smallest absolute Gasteiger partial charge is 0.255 e. The number of pyridine rings is 1. The Labute approximate surface area is 119 Å². The lowest BCUT2D eigenvalue weighted by molar-refractivity contribution is 0.0786. The number of amides is 1. The zero-order chi connectivity index (χ0) is 14.4. The summed E-state index contributed by atoms with van der Waals surface area (Å²) in [4.78, 5) is 18.5. The van der Waals surface area contributed by atoms with E-state index in [0.29, 0.717) is 23.5 Å². The Hall–Kier alpha value is -1.86. The van der Waals surface area contributed by atoms with Crippen molar-refractivity contribution in [1.82, 2.24) is 9.88 Å². The molecule has 1 aromatic heterocycles. The second-order valence-electron chi connectivity index (χ2n) is 5.01. The van der Waals surface area contributed by atoms with Crippen molar-refractivity contribution in [3.63, 3.8) is 0 Å². The Kier molecular flexibility index (Phi) is 5.14. The second-order valence-corrected chi connectivity index (χ2v) is 5.01. The maximum absolute atomic E-state index is 12.5. The van der Waals surface area contributed by atoms with Crippen LogP contribution in [0, 0.1) is 17.8 Å². The fraction of sp³-hybridized carbons (Fsp3) is 0.500. The summed E-state index contributed by atoms with van der Waals surface area (Å²) in [6.07, 6.45) is 5.84. The van der Waals surface area contributed by atoms with Gasteiger partial charge >= 0.3 is 0 Å². The summed E-state index contributed by atoms with van der Waals surface area (Å²) in [6, 6.07) is 1.73. The van der Waals surface area contributed by atoms with Gasteiger partial charge in [-0.25, -0.2) is 0 Å². The second kappa shape index (κ2) is 7.06. The fourth-order valence-electron chi connectivity index (χ4n) is 2.41. The first-order chi connectivity index (χ1) is 9.76. The molecule has 4 heteroatoms. The van der Waals surface area contributed by atoms with Gasteiger partial charge in [-0.2, -0.15) is 0 Å². The SMILES string of the molecule is CCC1CCN(C(=O)c2ccncc2C#CCCO)C1. The normalized spacial score (nSPS) is 17.7. The quantitative estimate of drug-likeness (QED) is 0.852. The number of likely N-dealkylation sites (tertiary alicyclic amines) is 1. The van der Waals surface area contributed by atoms with Gasteiger partial charge in [-0.1, -0.05) is 25.2 Å². The minimum atomic E-state index is 0.0286. The molecule has 1 saturated heterocycles. The molecule has 1 aromatic rings. The molecule has 4 nitrogen and oxygen atoms in total. The zero-order valence-corrected chi connectivity index (χ0v) is 11.8. The molecule has 0 radical (unpaired) electrons. The molecule has 0 saturated carbocycles. The van der Waals surface area contributed by atoms with Gasteiger partial charge in [0.25, 0.3) is 5.91 Å². The van der Waals surface area contributed by atoms with Gasteiger partial charge in [0.2, 0.25) is 0 Å². The summed E-state index contributed by atoms with van der Waals surface area (Å²) in [6.45, 7) is 3.85. The molecule has 1 amide bonds. The summed E-state index contributed by atoms with van der Waals surface area (Å²) in [5.74, 6) is 6.42. The summed E-state index contributed by atoms with van der Waals surface area (Å²) in [5, 5.41) is 8.76. The molecular weight excluding hydrogens is 252 g/mol. The van der Waals surface area contributed by atoms with E-state index in [-0.39, 0.29) is 12.5 Å². The van der Waals surface area contributed by atoms with Gasteiger partial charge in [0, 0.05) is 31.9 Å². The maximum atomic E-state index is 12.5. The molecule has 1 unspecified atom stereocenters. The average Bonchev–Trinajstić information content (AvgIpc) is 2.96. The Balaban J connectivity index is 2.16. The minimum Gasteiger partial charge on any atom is -0.395 e. The molecule has 1 aliphatic heterocycles. The Morgan fingerprint density at radius 1 is 1.60 bits per heavy atom. The van der Waals surface area contributed by atoms with E-state index >= 15 is 0 Å². The highest BCUT2D eigenvalue weighted by atomic mass is 16.2. The monoisotopic (exact) mass is 272 g/mol. The number of hydrogen-bond acceptors (Lipinski definition) is 3. The van der Waals surface area contributed by atoms with Crippen LogP contribution in [0.25, 0.3) is 0 Å². The third kappa shape index (κ3) is 3.37. The van der Waals surface area contributed by atoms with E-state index in [1.54, 1.807) is 18.5 Å². The van der Waals surface area contributed by atoms with Crippen molar-refractivity contribution < 1.29 is 9.90 Å². The van der Waals surface area contributed by atoms with Crippen LogP contribution in [-0.2, 0) is 0 Å². The molecule has 0 aliphatic carbocycles. The molecule has 20 heavy (non-hydrogen) atoms. The van der Waals surface area contributed by atoms with E-state index in [4.69, 9.17) is 5.11 Å². The van der Waals surface area contributed by atoms with Crippen molar-refractivity contribution in [2.45, 2.75) is 26.2 Å². The van der Waals surface area contributed by atoms with Crippen LogP contribution in [0.4, 0.5) is 0 Å². The van der Waals surface area contributed by atoms with Gasteiger partial charge < -0.3 is 10.0 Å².